The van der Waals surface area contributed by atoms with Gasteiger partial charge in [0, 0.05) is 24.3 Å². The molecule has 1 atom stereocenters. The molecule has 0 fully saturated rings. The minimum atomic E-state index is -0.447. The number of nitrogens with one attached hydrogen (secondary N) is 1. The van der Waals surface area contributed by atoms with Crippen molar-refractivity contribution < 1.29 is 23.8 Å². The molecule has 2 aromatic rings. The van der Waals surface area contributed by atoms with Crippen molar-refractivity contribution in [1.82, 2.24) is 4.98 Å². The Balaban J connectivity index is 1.75. The molecule has 1 aliphatic rings. The number of rotatable bonds is 8. The summed E-state index contributed by atoms with van der Waals surface area (Å²) >= 11 is 0. The number of esters is 1. The molecule has 0 amide bonds. The van der Waals surface area contributed by atoms with Crippen LogP contribution >= 0.6 is 0 Å². The van der Waals surface area contributed by atoms with E-state index >= 15 is 0 Å². The van der Waals surface area contributed by atoms with Gasteiger partial charge in [-0.25, -0.2) is 4.79 Å². The number of aromatic amines is 1. The Labute approximate surface area is 165 Å². The van der Waals surface area contributed by atoms with Gasteiger partial charge in [-0.15, -0.1) is 0 Å². The van der Waals surface area contributed by atoms with Crippen molar-refractivity contribution in [2.75, 3.05) is 26.4 Å². The van der Waals surface area contributed by atoms with E-state index in [-0.39, 0.29) is 18.3 Å². The van der Waals surface area contributed by atoms with Gasteiger partial charge in [0.15, 0.2) is 5.78 Å². The molecule has 150 valence electrons. The van der Waals surface area contributed by atoms with Crippen molar-refractivity contribution >= 4 is 11.8 Å². The van der Waals surface area contributed by atoms with Gasteiger partial charge < -0.3 is 19.2 Å². The number of ketones is 1. The predicted molar refractivity (Wildman–Crippen MR) is 105 cm³/mol. The van der Waals surface area contributed by atoms with Crippen molar-refractivity contribution in [2.24, 2.45) is 0 Å². The molecule has 1 aromatic carbocycles. The maximum absolute atomic E-state index is 12.8. The van der Waals surface area contributed by atoms with Crippen molar-refractivity contribution in [3.05, 3.63) is 52.3 Å². The van der Waals surface area contributed by atoms with E-state index < -0.39 is 5.97 Å². The zero-order chi connectivity index (χ0) is 20.1. The van der Waals surface area contributed by atoms with Crippen LogP contribution in [0.3, 0.4) is 0 Å². The molecule has 28 heavy (non-hydrogen) atoms. The van der Waals surface area contributed by atoms with Gasteiger partial charge in [-0.3, -0.25) is 4.79 Å². The molecule has 0 bridgehead atoms. The smallest absolute Gasteiger partial charge is 0.355 e. The summed E-state index contributed by atoms with van der Waals surface area (Å²) < 4.78 is 15.9. The lowest BCUT2D eigenvalue weighted by molar-refractivity contribution is 0.0329. The maximum atomic E-state index is 12.8. The Morgan fingerprint density at radius 1 is 1.11 bits per heavy atom. The Bertz CT molecular complexity index is 837. The second kappa shape index (κ2) is 9.06. The standard InChI is InChI=1S/C22H27NO5/c1-4-26-10-11-28-22(25)21-14(3)20-18(23-21)12-16(13-19(20)24)15-6-8-17(9-7-15)27-5-2/h6-9,16,23H,4-5,10-13H2,1-3H3. The van der Waals surface area contributed by atoms with Gasteiger partial charge in [-0.1, -0.05) is 12.1 Å². The number of H-pyrrole nitrogens is 1. The summed E-state index contributed by atoms with van der Waals surface area (Å²) in [6, 6.07) is 7.87. The van der Waals surface area contributed by atoms with E-state index in [0.717, 1.165) is 17.0 Å². The number of benzene rings is 1. The molecule has 6 nitrogen and oxygen atoms in total. The van der Waals surface area contributed by atoms with E-state index in [0.29, 0.717) is 49.5 Å². The predicted octanol–water partition coefficient (Wildman–Crippen LogP) is 3.83. The highest BCUT2D eigenvalue weighted by Crippen LogP contribution is 2.35. The second-order valence-corrected chi connectivity index (χ2v) is 6.84. The van der Waals surface area contributed by atoms with Gasteiger partial charge in [0.25, 0.3) is 0 Å². The third-order valence-corrected chi connectivity index (χ3v) is 5.02. The fourth-order valence-electron chi connectivity index (χ4n) is 3.69. The van der Waals surface area contributed by atoms with Crippen LogP contribution < -0.4 is 4.74 Å². The summed E-state index contributed by atoms with van der Waals surface area (Å²) in [5, 5.41) is 0. The third-order valence-electron chi connectivity index (χ3n) is 5.02. The maximum Gasteiger partial charge on any atom is 0.355 e. The molecule has 1 heterocycles. The molecule has 0 saturated carbocycles. The number of carbonyl (C=O) groups excluding carboxylic acids is 2. The zero-order valence-corrected chi connectivity index (χ0v) is 16.7. The van der Waals surface area contributed by atoms with Gasteiger partial charge in [-0.2, -0.15) is 0 Å². The Morgan fingerprint density at radius 2 is 1.86 bits per heavy atom. The average Bonchev–Trinajstić information content (AvgIpc) is 3.03. The van der Waals surface area contributed by atoms with E-state index in [4.69, 9.17) is 14.2 Å². The van der Waals surface area contributed by atoms with Crippen LogP contribution in [0.2, 0.25) is 0 Å². The minimum absolute atomic E-state index is 0.0576. The quantitative estimate of drug-likeness (QED) is 0.552. The van der Waals surface area contributed by atoms with Crippen LogP contribution in [0.25, 0.3) is 0 Å². The third kappa shape index (κ3) is 4.28. The van der Waals surface area contributed by atoms with E-state index in [1.807, 2.05) is 38.1 Å². The first-order chi connectivity index (χ1) is 13.5. The summed E-state index contributed by atoms with van der Waals surface area (Å²) in [6.45, 7) is 7.38. The number of aromatic nitrogens is 1. The second-order valence-electron chi connectivity index (χ2n) is 6.84. The SMILES string of the molecule is CCOCCOC(=O)c1[nH]c2c(c1C)C(=O)CC(c1ccc(OCC)cc1)C2. The van der Waals surface area contributed by atoms with Crippen LogP contribution in [0.4, 0.5) is 0 Å². The molecule has 0 radical (unpaired) electrons. The van der Waals surface area contributed by atoms with E-state index in [9.17, 15) is 9.59 Å². The van der Waals surface area contributed by atoms with Gasteiger partial charge in [0.2, 0.25) is 0 Å². The number of hydrogen-bond acceptors (Lipinski definition) is 5. The van der Waals surface area contributed by atoms with Crippen LogP contribution in [0.1, 0.15) is 63.9 Å². The summed E-state index contributed by atoms with van der Waals surface area (Å²) in [6.07, 6.45) is 1.11. The van der Waals surface area contributed by atoms with Crippen molar-refractivity contribution in [3.63, 3.8) is 0 Å². The first-order valence-electron chi connectivity index (χ1n) is 9.77. The number of hydrogen-bond donors (Lipinski definition) is 1. The summed E-state index contributed by atoms with van der Waals surface area (Å²) in [7, 11) is 0. The molecule has 1 unspecified atom stereocenters. The molecule has 1 aliphatic carbocycles. The lowest BCUT2D eigenvalue weighted by atomic mass is 9.81. The van der Waals surface area contributed by atoms with Gasteiger partial charge in [-0.05, 0) is 56.4 Å². The fourth-order valence-corrected chi connectivity index (χ4v) is 3.69. The van der Waals surface area contributed by atoms with Crippen molar-refractivity contribution in [1.29, 1.82) is 0 Å². The van der Waals surface area contributed by atoms with Gasteiger partial charge in [0.1, 0.15) is 18.1 Å². The lowest BCUT2D eigenvalue weighted by Crippen LogP contribution is -2.18. The molecule has 3 rings (SSSR count). The molecular formula is C22H27NO5. The summed E-state index contributed by atoms with van der Waals surface area (Å²) in [5.74, 6) is 0.511. The molecular weight excluding hydrogens is 358 g/mol. The largest absolute Gasteiger partial charge is 0.494 e. The normalized spacial score (nSPS) is 16.0. The number of ether oxygens (including phenoxy) is 3. The Kier molecular flexibility index (Phi) is 6.52. The van der Waals surface area contributed by atoms with Crippen LogP contribution in [-0.2, 0) is 15.9 Å². The first-order valence-corrected chi connectivity index (χ1v) is 9.77. The van der Waals surface area contributed by atoms with Gasteiger partial charge in [0.05, 0.1) is 13.2 Å². The molecule has 0 saturated heterocycles. The highest BCUT2D eigenvalue weighted by atomic mass is 16.6. The number of fused-ring (bicyclic) bond motifs is 1. The topological polar surface area (TPSA) is 77.6 Å². The Morgan fingerprint density at radius 3 is 2.54 bits per heavy atom. The monoisotopic (exact) mass is 385 g/mol. The molecule has 0 aliphatic heterocycles. The van der Waals surface area contributed by atoms with E-state index in [2.05, 4.69) is 4.98 Å². The highest BCUT2D eigenvalue weighted by molar-refractivity contribution is 6.03. The average molecular weight is 385 g/mol. The first kappa shape index (κ1) is 20.1. The minimum Gasteiger partial charge on any atom is -0.494 e. The van der Waals surface area contributed by atoms with Crippen molar-refractivity contribution in [3.8, 4) is 5.75 Å². The number of Topliss-reactive ketones (excluding diaryl/α,β-unsaturated/α-hetero) is 1. The number of carbonyl (C=O) groups is 2. The molecule has 6 heteroatoms. The lowest BCUT2D eigenvalue weighted by Gasteiger charge is -2.22. The highest BCUT2D eigenvalue weighted by Gasteiger charge is 2.32. The summed E-state index contributed by atoms with van der Waals surface area (Å²) in [5.41, 5.74) is 3.58. The zero-order valence-electron chi connectivity index (χ0n) is 16.7. The van der Waals surface area contributed by atoms with Crippen LogP contribution in [-0.4, -0.2) is 43.2 Å². The molecule has 1 aromatic heterocycles. The molecule has 0 spiro atoms. The molecule has 1 N–H and O–H groups in total. The van der Waals surface area contributed by atoms with E-state index in [1.165, 1.54) is 0 Å². The Hall–Kier alpha value is -2.60. The van der Waals surface area contributed by atoms with Crippen LogP contribution in [0.5, 0.6) is 5.75 Å². The van der Waals surface area contributed by atoms with Crippen LogP contribution in [0.15, 0.2) is 24.3 Å². The van der Waals surface area contributed by atoms with Crippen molar-refractivity contribution in [2.45, 2.75) is 39.5 Å². The van der Waals surface area contributed by atoms with E-state index in [1.54, 1.807) is 6.92 Å². The fraction of sp³-hybridized carbons (Fsp3) is 0.455. The summed E-state index contributed by atoms with van der Waals surface area (Å²) in [4.78, 5) is 28.3. The van der Waals surface area contributed by atoms with Gasteiger partial charge >= 0.3 is 5.97 Å². The van der Waals surface area contributed by atoms with Crippen LogP contribution in [0, 0.1) is 6.92 Å².